The predicted molar refractivity (Wildman–Crippen MR) is 150 cm³/mol. The van der Waals surface area contributed by atoms with Crippen LogP contribution in [0.5, 0.6) is 5.75 Å². The zero-order valence-electron chi connectivity index (χ0n) is 24.7. The molecule has 2 aromatic rings. The lowest BCUT2D eigenvalue weighted by atomic mass is 9.66. The fraction of sp³-hybridized carbons (Fsp3) is 0.581. The van der Waals surface area contributed by atoms with Crippen LogP contribution in [0, 0.1) is 12.7 Å². The highest BCUT2D eigenvalue weighted by atomic mass is 19.1. The molecule has 6 nitrogen and oxygen atoms in total. The molecule has 2 saturated heterocycles. The van der Waals surface area contributed by atoms with Crippen LogP contribution < -0.4 is 10.2 Å². The van der Waals surface area contributed by atoms with E-state index in [4.69, 9.17) is 18.8 Å². The number of carbonyl (C=O) groups excluding carboxylic acids is 1. The third kappa shape index (κ3) is 4.44. The smallest absolute Gasteiger partial charge is 0.479 e. The Balaban J connectivity index is 1.66. The lowest BCUT2D eigenvalue weighted by Gasteiger charge is -2.43. The Morgan fingerprint density at radius 2 is 1.72 bits per heavy atom. The van der Waals surface area contributed by atoms with Gasteiger partial charge in [-0.2, -0.15) is 0 Å². The molecule has 1 amide bonds. The van der Waals surface area contributed by atoms with Crippen LogP contribution in [0.4, 0.5) is 9.18 Å². The molecule has 0 aromatic heterocycles. The summed E-state index contributed by atoms with van der Waals surface area (Å²) in [6, 6.07) is 11.1. The van der Waals surface area contributed by atoms with Gasteiger partial charge in [-0.3, -0.25) is 0 Å². The van der Waals surface area contributed by atoms with E-state index in [-0.39, 0.29) is 23.9 Å². The number of nitrogens with zero attached hydrogens (tertiary/aromatic N) is 1. The summed E-state index contributed by atoms with van der Waals surface area (Å²) < 4.78 is 41.2. The lowest BCUT2D eigenvalue weighted by Crippen LogP contribution is -2.55. The minimum absolute atomic E-state index is 0.240. The number of benzene rings is 2. The second kappa shape index (κ2) is 9.23. The van der Waals surface area contributed by atoms with E-state index in [1.54, 1.807) is 11.8 Å². The normalized spacial score (nSPS) is 27.4. The highest BCUT2D eigenvalue weighted by Gasteiger charge is 2.60. The summed E-state index contributed by atoms with van der Waals surface area (Å²) >= 11 is 0. The van der Waals surface area contributed by atoms with Crippen LogP contribution in [-0.4, -0.2) is 47.5 Å². The molecule has 0 saturated carbocycles. The van der Waals surface area contributed by atoms with Crippen molar-refractivity contribution in [3.8, 4) is 5.75 Å². The maximum absolute atomic E-state index is 15.5. The number of carbonyl (C=O) groups is 1. The van der Waals surface area contributed by atoms with Gasteiger partial charge >= 0.3 is 13.2 Å². The van der Waals surface area contributed by atoms with Crippen LogP contribution in [0.15, 0.2) is 36.4 Å². The second-order valence-corrected chi connectivity index (χ2v) is 13.2. The number of halogens is 1. The SMILES string of the molecule is Cc1c(F)cc2c(c1B1OC(C)(C)C(C)(C)O1)[C@H](C)[C@](c1ccccc1)(C1CCCN1C(=O)OC(C)(C)C)O2. The van der Waals surface area contributed by atoms with Crippen molar-refractivity contribution >= 4 is 18.7 Å². The summed E-state index contributed by atoms with van der Waals surface area (Å²) in [7, 11) is -0.748. The van der Waals surface area contributed by atoms with E-state index >= 15 is 4.39 Å². The van der Waals surface area contributed by atoms with E-state index in [1.165, 1.54) is 6.07 Å². The van der Waals surface area contributed by atoms with E-state index in [2.05, 4.69) is 6.92 Å². The molecule has 3 aliphatic heterocycles. The molecular formula is C31H41BFNO5. The number of amides is 1. The van der Waals surface area contributed by atoms with Crippen molar-refractivity contribution in [2.75, 3.05) is 6.54 Å². The number of likely N-dealkylation sites (tertiary alicyclic amines) is 1. The molecule has 0 aliphatic carbocycles. The van der Waals surface area contributed by atoms with Gasteiger partial charge in [0.1, 0.15) is 17.2 Å². The van der Waals surface area contributed by atoms with Gasteiger partial charge in [0.15, 0.2) is 5.60 Å². The molecule has 3 atom stereocenters. The van der Waals surface area contributed by atoms with Gasteiger partial charge in [0, 0.05) is 24.1 Å². The molecule has 1 unspecified atom stereocenters. The highest BCUT2D eigenvalue weighted by molar-refractivity contribution is 6.63. The molecule has 2 fully saturated rings. The van der Waals surface area contributed by atoms with Crippen LogP contribution in [0.25, 0.3) is 0 Å². The average molecular weight is 537 g/mol. The first-order valence-corrected chi connectivity index (χ1v) is 14.0. The van der Waals surface area contributed by atoms with E-state index in [9.17, 15) is 4.79 Å². The second-order valence-electron chi connectivity index (χ2n) is 13.2. The van der Waals surface area contributed by atoms with Gasteiger partial charge in [-0.1, -0.05) is 37.3 Å². The molecule has 0 N–H and O–H groups in total. The molecule has 3 heterocycles. The van der Waals surface area contributed by atoms with Crippen LogP contribution in [-0.2, 0) is 19.6 Å². The van der Waals surface area contributed by atoms with E-state index in [0.717, 1.165) is 24.0 Å². The van der Waals surface area contributed by atoms with Crippen molar-refractivity contribution in [2.45, 2.75) is 110 Å². The summed E-state index contributed by atoms with van der Waals surface area (Å²) in [6.45, 7) is 18.0. The first kappa shape index (κ1) is 28.0. The Hall–Kier alpha value is -2.58. The predicted octanol–water partition coefficient (Wildman–Crippen LogP) is 6.22. The number of hydrogen-bond acceptors (Lipinski definition) is 5. The van der Waals surface area contributed by atoms with Crippen molar-refractivity contribution in [3.63, 3.8) is 0 Å². The van der Waals surface area contributed by atoms with Gasteiger partial charge in [-0.25, -0.2) is 9.18 Å². The summed E-state index contributed by atoms with van der Waals surface area (Å²) in [5.74, 6) is -0.142. The fourth-order valence-corrected chi connectivity index (χ4v) is 6.35. The molecule has 5 rings (SSSR count). The van der Waals surface area contributed by atoms with Crippen LogP contribution in [0.3, 0.4) is 0 Å². The third-order valence-electron chi connectivity index (χ3n) is 9.02. The van der Waals surface area contributed by atoms with Crippen molar-refractivity contribution in [1.29, 1.82) is 0 Å². The van der Waals surface area contributed by atoms with Crippen LogP contribution in [0.2, 0.25) is 0 Å². The van der Waals surface area contributed by atoms with Crippen molar-refractivity contribution < 1.29 is 28.0 Å². The van der Waals surface area contributed by atoms with Crippen LogP contribution in [0.1, 0.15) is 90.8 Å². The molecule has 2 aromatic carbocycles. The van der Waals surface area contributed by atoms with E-state index in [0.29, 0.717) is 23.3 Å². The Labute approximate surface area is 232 Å². The van der Waals surface area contributed by atoms with Crippen molar-refractivity contribution in [2.24, 2.45) is 0 Å². The zero-order valence-corrected chi connectivity index (χ0v) is 24.7. The standard InChI is InChI=1S/C31H41BFNO5/c1-19-22(33)18-23-25(26(19)32-38-29(6,7)30(8,9)39-32)20(2)31(36-23,21-14-11-10-12-15-21)24-16-13-17-34(24)27(35)37-28(3,4)5/h10-12,14-15,18,20,24H,13,16-17H2,1-9H3/t20-,24?,31-/m0/s1. The summed E-state index contributed by atoms with van der Waals surface area (Å²) in [6.07, 6.45) is 1.20. The first-order valence-electron chi connectivity index (χ1n) is 14.0. The monoisotopic (exact) mass is 537 g/mol. The minimum atomic E-state index is -0.949. The topological polar surface area (TPSA) is 57.2 Å². The third-order valence-corrected chi connectivity index (χ3v) is 9.02. The van der Waals surface area contributed by atoms with Crippen molar-refractivity contribution in [3.05, 3.63) is 58.9 Å². The first-order chi connectivity index (χ1) is 18.1. The molecule has 39 heavy (non-hydrogen) atoms. The fourth-order valence-electron chi connectivity index (χ4n) is 6.35. The summed E-state index contributed by atoms with van der Waals surface area (Å²) in [5.41, 5.74) is 0.231. The average Bonchev–Trinajstić information content (AvgIpc) is 3.48. The Morgan fingerprint density at radius 1 is 1.10 bits per heavy atom. The molecule has 210 valence electrons. The van der Waals surface area contributed by atoms with Gasteiger partial charge < -0.3 is 23.7 Å². The van der Waals surface area contributed by atoms with Gasteiger partial charge in [0.25, 0.3) is 0 Å². The number of hydrogen-bond donors (Lipinski definition) is 0. The molecular weight excluding hydrogens is 496 g/mol. The summed E-state index contributed by atoms with van der Waals surface area (Å²) in [5, 5.41) is 0. The lowest BCUT2D eigenvalue weighted by molar-refractivity contribution is -0.0310. The molecule has 3 aliphatic rings. The molecule has 8 heteroatoms. The van der Waals surface area contributed by atoms with Gasteiger partial charge in [-0.15, -0.1) is 0 Å². The Kier molecular flexibility index (Phi) is 6.62. The van der Waals surface area contributed by atoms with Gasteiger partial charge in [-0.05, 0) is 84.8 Å². The molecule has 0 radical (unpaired) electrons. The minimum Gasteiger partial charge on any atom is -0.479 e. The molecule has 0 bridgehead atoms. The quantitative estimate of drug-likeness (QED) is 0.435. The maximum Gasteiger partial charge on any atom is 0.495 e. The molecule has 0 spiro atoms. The highest BCUT2D eigenvalue weighted by Crippen LogP contribution is 2.55. The van der Waals surface area contributed by atoms with E-state index < -0.39 is 29.5 Å². The van der Waals surface area contributed by atoms with Crippen molar-refractivity contribution in [1.82, 2.24) is 4.90 Å². The zero-order chi connectivity index (χ0) is 28.5. The van der Waals surface area contributed by atoms with Gasteiger partial charge in [0.2, 0.25) is 0 Å². The summed E-state index contributed by atoms with van der Waals surface area (Å²) in [4.78, 5) is 15.3. The number of rotatable bonds is 3. The Bertz CT molecular complexity index is 1260. The number of fused-ring (bicyclic) bond motifs is 1. The van der Waals surface area contributed by atoms with E-state index in [1.807, 2.05) is 78.8 Å². The number of ether oxygens (including phenoxy) is 2. The van der Waals surface area contributed by atoms with Gasteiger partial charge in [0.05, 0.1) is 17.2 Å². The maximum atomic E-state index is 15.5. The van der Waals surface area contributed by atoms with Crippen LogP contribution >= 0.6 is 0 Å². The Morgan fingerprint density at radius 3 is 2.31 bits per heavy atom. The largest absolute Gasteiger partial charge is 0.495 e.